The van der Waals surface area contributed by atoms with Gasteiger partial charge in [0.2, 0.25) is 17.7 Å². The maximum absolute atomic E-state index is 11.4. The molecule has 1 fully saturated rings. The number of hydrogen-bond acceptors (Lipinski definition) is 3. The van der Waals surface area contributed by atoms with Crippen molar-refractivity contribution in [2.24, 2.45) is 5.73 Å². The largest absolute Gasteiger partial charge is 0.368 e. The van der Waals surface area contributed by atoms with Gasteiger partial charge in [-0.1, -0.05) is 0 Å². The van der Waals surface area contributed by atoms with Crippen LogP contribution in [0.2, 0.25) is 0 Å². The number of hydrogen-bond donors (Lipinski definition) is 3. The third kappa shape index (κ3) is 2.45. The molecule has 0 spiro atoms. The first kappa shape index (κ1) is 10.5. The minimum absolute atomic E-state index is 0.142. The van der Waals surface area contributed by atoms with Gasteiger partial charge in [0.05, 0.1) is 0 Å². The van der Waals surface area contributed by atoms with Gasteiger partial charge in [-0.05, 0) is 13.3 Å². The van der Waals surface area contributed by atoms with E-state index in [0.29, 0.717) is 12.8 Å². The Morgan fingerprint density at radius 1 is 1.64 bits per heavy atom. The highest BCUT2D eigenvalue weighted by molar-refractivity contribution is 5.93. The van der Waals surface area contributed by atoms with Crippen molar-refractivity contribution >= 4 is 17.7 Å². The van der Waals surface area contributed by atoms with Crippen LogP contribution in [-0.2, 0) is 14.4 Å². The number of amides is 3. The molecule has 1 saturated heterocycles. The van der Waals surface area contributed by atoms with Crippen molar-refractivity contribution < 1.29 is 14.4 Å². The first-order chi connectivity index (χ1) is 6.50. The summed E-state index contributed by atoms with van der Waals surface area (Å²) in [5.74, 6) is -1.10. The van der Waals surface area contributed by atoms with E-state index in [4.69, 9.17) is 5.73 Å². The van der Waals surface area contributed by atoms with Gasteiger partial charge in [-0.15, -0.1) is 0 Å². The third-order valence-corrected chi connectivity index (χ3v) is 2.10. The summed E-state index contributed by atoms with van der Waals surface area (Å²) in [6.45, 7) is 1.50. The summed E-state index contributed by atoms with van der Waals surface area (Å²) in [6.07, 6.45) is 0.819. The molecule has 3 amide bonds. The van der Waals surface area contributed by atoms with Crippen LogP contribution >= 0.6 is 0 Å². The molecule has 0 saturated carbocycles. The Morgan fingerprint density at radius 2 is 2.29 bits per heavy atom. The van der Waals surface area contributed by atoms with Crippen LogP contribution in [0.3, 0.4) is 0 Å². The molecule has 0 aromatic heterocycles. The SMILES string of the molecule is CC(NC(=O)[C@@H]1CCC(=O)N1)C(N)=O. The fraction of sp³-hybridized carbons (Fsp3) is 0.625. The van der Waals surface area contributed by atoms with Crippen LogP contribution in [-0.4, -0.2) is 29.8 Å². The molecular formula is C8H13N3O3. The lowest BCUT2D eigenvalue weighted by Crippen LogP contribution is -2.49. The van der Waals surface area contributed by atoms with Crippen molar-refractivity contribution in [3.8, 4) is 0 Å². The zero-order valence-electron chi connectivity index (χ0n) is 7.87. The van der Waals surface area contributed by atoms with Gasteiger partial charge in [0.25, 0.3) is 0 Å². The average molecular weight is 199 g/mol. The summed E-state index contributed by atoms with van der Waals surface area (Å²) in [5.41, 5.74) is 4.97. The zero-order valence-corrected chi connectivity index (χ0v) is 7.87. The van der Waals surface area contributed by atoms with E-state index in [0.717, 1.165) is 0 Å². The molecule has 1 unspecified atom stereocenters. The molecule has 0 aliphatic carbocycles. The summed E-state index contributed by atoms with van der Waals surface area (Å²) >= 11 is 0. The number of carbonyl (C=O) groups is 3. The van der Waals surface area contributed by atoms with Crippen molar-refractivity contribution in [1.29, 1.82) is 0 Å². The lowest BCUT2D eigenvalue weighted by Gasteiger charge is -2.14. The smallest absolute Gasteiger partial charge is 0.243 e. The second kappa shape index (κ2) is 4.08. The summed E-state index contributed by atoms with van der Waals surface area (Å²) in [4.78, 5) is 32.8. The molecule has 1 aliphatic rings. The monoisotopic (exact) mass is 199 g/mol. The quantitative estimate of drug-likeness (QED) is 0.502. The number of nitrogens with one attached hydrogen (secondary N) is 2. The molecule has 2 atom stereocenters. The van der Waals surface area contributed by atoms with E-state index >= 15 is 0 Å². The number of primary amides is 1. The molecule has 78 valence electrons. The van der Waals surface area contributed by atoms with Gasteiger partial charge in [-0.2, -0.15) is 0 Å². The molecule has 14 heavy (non-hydrogen) atoms. The van der Waals surface area contributed by atoms with Crippen molar-refractivity contribution in [3.05, 3.63) is 0 Å². The van der Waals surface area contributed by atoms with E-state index in [-0.39, 0.29) is 11.8 Å². The Morgan fingerprint density at radius 3 is 2.71 bits per heavy atom. The Hall–Kier alpha value is -1.59. The molecule has 1 heterocycles. The maximum Gasteiger partial charge on any atom is 0.243 e. The normalized spacial score (nSPS) is 22.6. The van der Waals surface area contributed by atoms with Crippen LogP contribution < -0.4 is 16.4 Å². The van der Waals surface area contributed by atoms with Crippen LogP contribution in [0.15, 0.2) is 0 Å². The van der Waals surface area contributed by atoms with Gasteiger partial charge >= 0.3 is 0 Å². The lowest BCUT2D eigenvalue weighted by atomic mass is 10.2. The van der Waals surface area contributed by atoms with Gasteiger partial charge in [0, 0.05) is 6.42 Å². The Kier molecular flexibility index (Phi) is 3.06. The van der Waals surface area contributed by atoms with Crippen LogP contribution in [0.1, 0.15) is 19.8 Å². The average Bonchev–Trinajstić information content (AvgIpc) is 2.51. The highest BCUT2D eigenvalue weighted by Crippen LogP contribution is 2.06. The van der Waals surface area contributed by atoms with E-state index in [1.165, 1.54) is 6.92 Å². The van der Waals surface area contributed by atoms with Crippen molar-refractivity contribution in [3.63, 3.8) is 0 Å². The van der Waals surface area contributed by atoms with Crippen LogP contribution in [0, 0.1) is 0 Å². The fourth-order valence-corrected chi connectivity index (χ4v) is 1.20. The first-order valence-electron chi connectivity index (χ1n) is 4.39. The van der Waals surface area contributed by atoms with Gasteiger partial charge in [-0.3, -0.25) is 14.4 Å². The molecule has 6 heteroatoms. The van der Waals surface area contributed by atoms with E-state index < -0.39 is 18.0 Å². The minimum atomic E-state index is -0.708. The second-order valence-electron chi connectivity index (χ2n) is 3.29. The highest BCUT2D eigenvalue weighted by atomic mass is 16.2. The fourth-order valence-electron chi connectivity index (χ4n) is 1.20. The third-order valence-electron chi connectivity index (χ3n) is 2.10. The second-order valence-corrected chi connectivity index (χ2v) is 3.29. The van der Waals surface area contributed by atoms with E-state index in [1.54, 1.807) is 0 Å². The van der Waals surface area contributed by atoms with Gasteiger partial charge in [0.1, 0.15) is 12.1 Å². The molecule has 1 rings (SSSR count). The zero-order chi connectivity index (χ0) is 10.7. The van der Waals surface area contributed by atoms with Crippen LogP contribution in [0.5, 0.6) is 0 Å². The van der Waals surface area contributed by atoms with E-state index in [1.807, 2.05) is 0 Å². The van der Waals surface area contributed by atoms with Gasteiger partial charge < -0.3 is 16.4 Å². The highest BCUT2D eigenvalue weighted by Gasteiger charge is 2.28. The molecule has 6 nitrogen and oxygen atoms in total. The predicted octanol–water partition coefficient (Wildman–Crippen LogP) is -1.74. The molecule has 0 aromatic carbocycles. The van der Waals surface area contributed by atoms with Crippen molar-refractivity contribution in [2.75, 3.05) is 0 Å². The van der Waals surface area contributed by atoms with Crippen molar-refractivity contribution in [1.82, 2.24) is 10.6 Å². The number of carbonyl (C=O) groups excluding carboxylic acids is 3. The lowest BCUT2D eigenvalue weighted by molar-refractivity contribution is -0.129. The summed E-state index contributed by atoms with van der Waals surface area (Å²) in [5, 5.41) is 4.91. The Balaban J connectivity index is 2.42. The Labute approximate surface area is 81.2 Å². The predicted molar refractivity (Wildman–Crippen MR) is 48.0 cm³/mol. The summed E-state index contributed by atoms with van der Waals surface area (Å²) in [7, 11) is 0. The first-order valence-corrected chi connectivity index (χ1v) is 4.39. The topological polar surface area (TPSA) is 101 Å². The minimum Gasteiger partial charge on any atom is -0.368 e. The van der Waals surface area contributed by atoms with Gasteiger partial charge in [0.15, 0.2) is 0 Å². The molecule has 4 N–H and O–H groups in total. The standard InChI is InChI=1S/C8H13N3O3/c1-4(7(9)13)10-8(14)5-2-3-6(12)11-5/h4-5H,2-3H2,1H3,(H2,9,13)(H,10,14)(H,11,12)/t4?,5-/m0/s1. The maximum atomic E-state index is 11.4. The molecular weight excluding hydrogens is 186 g/mol. The Bertz CT molecular complexity index is 277. The number of nitrogens with two attached hydrogens (primary N) is 1. The van der Waals surface area contributed by atoms with Crippen molar-refractivity contribution in [2.45, 2.75) is 31.8 Å². The van der Waals surface area contributed by atoms with E-state index in [9.17, 15) is 14.4 Å². The summed E-state index contributed by atoms with van der Waals surface area (Å²) in [6, 6.07) is -1.23. The van der Waals surface area contributed by atoms with Crippen LogP contribution in [0.25, 0.3) is 0 Å². The summed E-state index contributed by atoms with van der Waals surface area (Å²) < 4.78 is 0. The van der Waals surface area contributed by atoms with Crippen LogP contribution in [0.4, 0.5) is 0 Å². The molecule has 1 aliphatic heterocycles. The molecule has 0 aromatic rings. The van der Waals surface area contributed by atoms with Gasteiger partial charge in [-0.25, -0.2) is 0 Å². The molecule has 0 bridgehead atoms. The van der Waals surface area contributed by atoms with E-state index in [2.05, 4.69) is 10.6 Å². The molecule has 0 radical (unpaired) electrons. The number of rotatable bonds is 3.